The van der Waals surface area contributed by atoms with Crippen molar-refractivity contribution in [2.45, 2.75) is 12.5 Å². The summed E-state index contributed by atoms with van der Waals surface area (Å²) in [5, 5.41) is 3.98. The maximum atomic E-state index is 11.4. The van der Waals surface area contributed by atoms with Gasteiger partial charge < -0.3 is 11.1 Å². The van der Waals surface area contributed by atoms with E-state index in [4.69, 9.17) is 28.9 Å². The molecule has 2 aromatic rings. The van der Waals surface area contributed by atoms with Crippen LogP contribution in [0.15, 0.2) is 36.4 Å². The Morgan fingerprint density at radius 3 is 2.55 bits per heavy atom. The van der Waals surface area contributed by atoms with E-state index in [1.165, 1.54) is 0 Å². The van der Waals surface area contributed by atoms with Crippen LogP contribution in [-0.4, -0.2) is 5.91 Å². The number of amides is 1. The molecular weight excluding hydrogens is 295 g/mol. The Labute approximate surface area is 126 Å². The first-order valence-electron chi connectivity index (χ1n) is 6.18. The molecule has 0 spiro atoms. The predicted molar refractivity (Wildman–Crippen MR) is 81.3 cm³/mol. The van der Waals surface area contributed by atoms with E-state index in [1.54, 1.807) is 18.2 Å². The van der Waals surface area contributed by atoms with E-state index in [-0.39, 0.29) is 11.9 Å². The van der Waals surface area contributed by atoms with Crippen LogP contribution in [0.25, 0.3) is 0 Å². The maximum absolute atomic E-state index is 11.4. The molecule has 0 aliphatic carbocycles. The molecule has 102 valence electrons. The number of nitrogens with two attached hydrogens (primary N) is 1. The van der Waals surface area contributed by atoms with Gasteiger partial charge in [0.05, 0.1) is 12.5 Å². The summed E-state index contributed by atoms with van der Waals surface area (Å²) in [7, 11) is 0. The first kappa shape index (κ1) is 13.4. The molecular formula is C15H12Cl2N2O. The first-order chi connectivity index (χ1) is 9.54. The molecule has 1 aliphatic rings. The second kappa shape index (κ2) is 5.09. The van der Waals surface area contributed by atoms with Gasteiger partial charge in [-0.25, -0.2) is 0 Å². The normalized spacial score (nSPS) is 14.8. The van der Waals surface area contributed by atoms with Crippen molar-refractivity contribution < 1.29 is 4.79 Å². The summed E-state index contributed by atoms with van der Waals surface area (Å²) in [5.41, 5.74) is 9.70. The van der Waals surface area contributed by atoms with E-state index in [2.05, 4.69) is 5.32 Å². The monoisotopic (exact) mass is 306 g/mol. The quantitative estimate of drug-likeness (QED) is 0.891. The molecule has 0 radical (unpaired) electrons. The molecule has 0 fully saturated rings. The Hall–Kier alpha value is -1.55. The van der Waals surface area contributed by atoms with Crippen molar-refractivity contribution in [3.05, 3.63) is 63.1 Å². The average molecular weight is 307 g/mol. The Morgan fingerprint density at radius 1 is 1.15 bits per heavy atom. The van der Waals surface area contributed by atoms with Crippen molar-refractivity contribution in [2.24, 2.45) is 5.73 Å². The van der Waals surface area contributed by atoms with Crippen molar-refractivity contribution in [1.29, 1.82) is 0 Å². The van der Waals surface area contributed by atoms with Crippen LogP contribution in [0.1, 0.15) is 22.7 Å². The van der Waals surface area contributed by atoms with Crippen LogP contribution in [0, 0.1) is 0 Å². The number of anilines is 1. The Balaban J connectivity index is 2.00. The summed E-state index contributed by atoms with van der Waals surface area (Å²) < 4.78 is 0. The van der Waals surface area contributed by atoms with Crippen LogP contribution < -0.4 is 11.1 Å². The predicted octanol–water partition coefficient (Wildman–Crippen LogP) is 3.54. The summed E-state index contributed by atoms with van der Waals surface area (Å²) in [5.74, 6) is -0.0201. The van der Waals surface area contributed by atoms with Crippen LogP contribution in [0.2, 0.25) is 10.0 Å². The fourth-order valence-electron chi connectivity index (χ4n) is 2.36. The minimum Gasteiger partial charge on any atom is -0.325 e. The molecule has 0 saturated heterocycles. The molecule has 3 rings (SSSR count). The number of fused-ring (bicyclic) bond motifs is 1. The number of halogens is 2. The second-order valence-electron chi connectivity index (χ2n) is 4.79. The van der Waals surface area contributed by atoms with Crippen molar-refractivity contribution in [3.8, 4) is 0 Å². The summed E-state index contributed by atoms with van der Waals surface area (Å²) >= 11 is 12.1. The minimum absolute atomic E-state index is 0.0201. The van der Waals surface area contributed by atoms with Crippen molar-refractivity contribution >= 4 is 34.8 Å². The van der Waals surface area contributed by atoms with E-state index < -0.39 is 0 Å². The zero-order valence-corrected chi connectivity index (χ0v) is 12.0. The largest absolute Gasteiger partial charge is 0.325 e. The third kappa shape index (κ3) is 2.40. The summed E-state index contributed by atoms with van der Waals surface area (Å²) in [6.45, 7) is 0. The number of nitrogens with one attached hydrogen (secondary N) is 1. The van der Waals surface area contributed by atoms with Gasteiger partial charge in [-0.05, 0) is 41.0 Å². The lowest BCUT2D eigenvalue weighted by Gasteiger charge is -2.16. The highest BCUT2D eigenvalue weighted by Crippen LogP contribution is 2.34. The SMILES string of the molecule is NC(c1ccc(Cl)cc1)c1cc2c(cc1Cl)NC(=O)C2. The van der Waals surface area contributed by atoms with Gasteiger partial charge in [0, 0.05) is 15.7 Å². The summed E-state index contributed by atoms with van der Waals surface area (Å²) in [4.78, 5) is 11.4. The van der Waals surface area contributed by atoms with Crippen LogP contribution in [0.4, 0.5) is 5.69 Å². The summed E-state index contributed by atoms with van der Waals surface area (Å²) in [6, 6.07) is 10.6. The van der Waals surface area contributed by atoms with Crippen LogP contribution in [0.5, 0.6) is 0 Å². The van der Waals surface area contributed by atoms with Crippen LogP contribution in [0.3, 0.4) is 0 Å². The van der Waals surface area contributed by atoms with E-state index in [9.17, 15) is 4.79 Å². The van der Waals surface area contributed by atoms with Crippen LogP contribution >= 0.6 is 23.2 Å². The Bertz CT molecular complexity index is 683. The standard InChI is InChI=1S/C15H12Cl2N2O/c16-10-3-1-8(2-4-10)15(18)11-5-9-6-14(20)19-13(9)7-12(11)17/h1-5,7,15H,6,18H2,(H,19,20). The van der Waals surface area contributed by atoms with E-state index in [0.29, 0.717) is 16.5 Å². The van der Waals surface area contributed by atoms with Crippen molar-refractivity contribution in [2.75, 3.05) is 5.32 Å². The highest BCUT2D eigenvalue weighted by Gasteiger charge is 2.22. The second-order valence-corrected chi connectivity index (χ2v) is 5.63. The Morgan fingerprint density at radius 2 is 1.85 bits per heavy atom. The van der Waals surface area contributed by atoms with E-state index >= 15 is 0 Å². The molecule has 0 aromatic heterocycles. The van der Waals surface area contributed by atoms with Crippen LogP contribution in [-0.2, 0) is 11.2 Å². The van der Waals surface area contributed by atoms with Gasteiger partial charge >= 0.3 is 0 Å². The first-order valence-corrected chi connectivity index (χ1v) is 6.93. The lowest BCUT2D eigenvalue weighted by atomic mass is 9.97. The van der Waals surface area contributed by atoms with Gasteiger partial charge in [-0.2, -0.15) is 0 Å². The molecule has 3 nitrogen and oxygen atoms in total. The number of rotatable bonds is 2. The fraction of sp³-hybridized carbons (Fsp3) is 0.133. The van der Waals surface area contributed by atoms with Gasteiger partial charge in [0.2, 0.25) is 5.91 Å². The minimum atomic E-state index is -0.347. The molecule has 2 aromatic carbocycles. The molecule has 0 saturated carbocycles. The molecule has 20 heavy (non-hydrogen) atoms. The molecule has 0 bridgehead atoms. The zero-order chi connectivity index (χ0) is 14.3. The molecule has 1 heterocycles. The highest BCUT2D eigenvalue weighted by atomic mass is 35.5. The van der Waals surface area contributed by atoms with Gasteiger partial charge in [-0.1, -0.05) is 35.3 Å². The van der Waals surface area contributed by atoms with Crippen molar-refractivity contribution in [3.63, 3.8) is 0 Å². The van der Waals surface area contributed by atoms with Gasteiger partial charge in [-0.3, -0.25) is 4.79 Å². The molecule has 1 amide bonds. The smallest absolute Gasteiger partial charge is 0.228 e. The topological polar surface area (TPSA) is 55.1 Å². The lowest BCUT2D eigenvalue weighted by molar-refractivity contribution is -0.115. The molecule has 5 heteroatoms. The lowest BCUT2D eigenvalue weighted by Crippen LogP contribution is -2.12. The maximum Gasteiger partial charge on any atom is 0.228 e. The van der Waals surface area contributed by atoms with Gasteiger partial charge in [0.25, 0.3) is 0 Å². The highest BCUT2D eigenvalue weighted by molar-refractivity contribution is 6.32. The number of hydrogen-bond donors (Lipinski definition) is 2. The zero-order valence-electron chi connectivity index (χ0n) is 10.5. The number of hydrogen-bond acceptors (Lipinski definition) is 2. The molecule has 1 atom stereocenters. The third-order valence-electron chi connectivity index (χ3n) is 3.41. The van der Waals surface area contributed by atoms with Gasteiger partial charge in [-0.15, -0.1) is 0 Å². The van der Waals surface area contributed by atoms with E-state index in [0.717, 1.165) is 22.4 Å². The number of benzene rings is 2. The fourth-order valence-corrected chi connectivity index (χ4v) is 2.76. The van der Waals surface area contributed by atoms with Gasteiger partial charge in [0.15, 0.2) is 0 Å². The van der Waals surface area contributed by atoms with E-state index in [1.807, 2.05) is 18.2 Å². The molecule has 1 unspecified atom stereocenters. The number of carbonyl (C=O) groups is 1. The molecule has 3 N–H and O–H groups in total. The third-order valence-corrected chi connectivity index (χ3v) is 3.99. The van der Waals surface area contributed by atoms with Gasteiger partial charge in [0.1, 0.15) is 0 Å². The number of carbonyl (C=O) groups excluding carboxylic acids is 1. The average Bonchev–Trinajstić information content (AvgIpc) is 2.77. The molecule has 1 aliphatic heterocycles. The Kier molecular flexibility index (Phi) is 3.42. The van der Waals surface area contributed by atoms with Crippen molar-refractivity contribution in [1.82, 2.24) is 0 Å². The summed E-state index contributed by atoms with van der Waals surface area (Å²) in [6.07, 6.45) is 0.368.